The van der Waals surface area contributed by atoms with E-state index >= 15 is 0 Å². The molecule has 0 atom stereocenters. The monoisotopic (exact) mass is 209 g/mol. The molecule has 1 rings (SSSR count). The van der Waals surface area contributed by atoms with E-state index in [2.05, 4.69) is 36.1 Å². The summed E-state index contributed by atoms with van der Waals surface area (Å²) < 4.78 is 5.21. The van der Waals surface area contributed by atoms with Gasteiger partial charge in [-0.15, -0.1) is 0 Å². The van der Waals surface area contributed by atoms with Crippen LogP contribution in [0.25, 0.3) is 0 Å². The summed E-state index contributed by atoms with van der Waals surface area (Å²) in [4.78, 5) is 2.14. The zero-order chi connectivity index (χ0) is 11.1. The van der Waals surface area contributed by atoms with Gasteiger partial charge in [-0.2, -0.15) is 0 Å². The molecule has 0 aliphatic carbocycles. The van der Waals surface area contributed by atoms with E-state index in [4.69, 9.17) is 9.84 Å². The van der Waals surface area contributed by atoms with E-state index in [0.717, 1.165) is 6.54 Å². The molecule has 0 aromatic heterocycles. The highest BCUT2D eigenvalue weighted by Crippen LogP contribution is 2.13. The van der Waals surface area contributed by atoms with Crippen molar-refractivity contribution in [2.75, 3.05) is 38.3 Å². The predicted molar refractivity (Wildman–Crippen MR) is 62.4 cm³/mol. The lowest BCUT2D eigenvalue weighted by Gasteiger charge is -2.19. The molecule has 0 spiro atoms. The molecule has 1 N–H and O–H groups in total. The Balaban J connectivity index is 2.36. The van der Waals surface area contributed by atoms with Gasteiger partial charge in [-0.05, 0) is 24.6 Å². The van der Waals surface area contributed by atoms with E-state index in [1.807, 2.05) is 7.05 Å². The minimum Gasteiger partial charge on any atom is -0.394 e. The van der Waals surface area contributed by atoms with Crippen molar-refractivity contribution in [1.29, 1.82) is 0 Å². The van der Waals surface area contributed by atoms with E-state index in [0.29, 0.717) is 13.2 Å². The van der Waals surface area contributed by atoms with Crippen molar-refractivity contribution >= 4 is 5.69 Å². The molecule has 0 aliphatic heterocycles. The lowest BCUT2D eigenvalue weighted by Crippen LogP contribution is -2.23. The van der Waals surface area contributed by atoms with Gasteiger partial charge < -0.3 is 14.7 Å². The van der Waals surface area contributed by atoms with Crippen molar-refractivity contribution < 1.29 is 9.84 Å². The second-order valence-corrected chi connectivity index (χ2v) is 3.60. The van der Waals surface area contributed by atoms with Gasteiger partial charge in [-0.25, -0.2) is 0 Å². The maximum Gasteiger partial charge on any atom is 0.0698 e. The van der Waals surface area contributed by atoms with E-state index < -0.39 is 0 Å². The van der Waals surface area contributed by atoms with Gasteiger partial charge in [0.05, 0.1) is 19.8 Å². The van der Waals surface area contributed by atoms with Gasteiger partial charge in [0.25, 0.3) is 0 Å². The summed E-state index contributed by atoms with van der Waals surface area (Å²) in [5, 5.41) is 8.55. The third-order valence-electron chi connectivity index (χ3n) is 2.25. The average Bonchev–Trinajstić information content (AvgIpc) is 2.24. The van der Waals surface area contributed by atoms with Crippen LogP contribution in [0.2, 0.25) is 0 Å². The molecule has 0 bridgehead atoms. The topological polar surface area (TPSA) is 32.7 Å². The van der Waals surface area contributed by atoms with Crippen molar-refractivity contribution in [3.05, 3.63) is 29.8 Å². The Bertz CT molecular complexity index is 289. The lowest BCUT2D eigenvalue weighted by atomic mass is 10.2. The van der Waals surface area contributed by atoms with E-state index in [1.165, 1.54) is 11.3 Å². The zero-order valence-corrected chi connectivity index (χ0v) is 9.44. The van der Waals surface area contributed by atoms with Crippen molar-refractivity contribution in [3.8, 4) is 0 Å². The Morgan fingerprint density at radius 3 is 2.80 bits per heavy atom. The van der Waals surface area contributed by atoms with Crippen LogP contribution in [0.5, 0.6) is 0 Å². The number of hydrogen-bond acceptors (Lipinski definition) is 3. The lowest BCUT2D eigenvalue weighted by molar-refractivity contribution is 0.0971. The van der Waals surface area contributed by atoms with E-state index in [1.54, 1.807) is 0 Å². The molecule has 0 saturated carbocycles. The summed E-state index contributed by atoms with van der Waals surface area (Å²) in [6.45, 7) is 4.07. The molecule has 0 unspecified atom stereocenters. The third-order valence-corrected chi connectivity index (χ3v) is 2.25. The van der Waals surface area contributed by atoms with Crippen LogP contribution in [0.3, 0.4) is 0 Å². The van der Waals surface area contributed by atoms with Crippen LogP contribution < -0.4 is 4.90 Å². The van der Waals surface area contributed by atoms with Crippen LogP contribution in [0.4, 0.5) is 5.69 Å². The first kappa shape index (κ1) is 12.0. The number of benzene rings is 1. The second-order valence-electron chi connectivity index (χ2n) is 3.60. The Morgan fingerprint density at radius 2 is 2.13 bits per heavy atom. The number of nitrogens with zero attached hydrogens (tertiary/aromatic N) is 1. The Labute approximate surface area is 91.3 Å². The molecule has 1 aromatic carbocycles. The maximum absolute atomic E-state index is 8.55. The number of anilines is 1. The minimum absolute atomic E-state index is 0.0914. The highest BCUT2D eigenvalue weighted by Gasteiger charge is 1.99. The number of hydrogen-bond donors (Lipinski definition) is 1. The van der Waals surface area contributed by atoms with Crippen LogP contribution in [0.1, 0.15) is 5.56 Å². The zero-order valence-electron chi connectivity index (χ0n) is 9.44. The quantitative estimate of drug-likeness (QED) is 0.720. The third kappa shape index (κ3) is 4.32. The maximum atomic E-state index is 8.55. The number of aliphatic hydroxyl groups is 1. The Kier molecular flexibility index (Phi) is 5.15. The number of aryl methyl sites for hydroxylation is 1. The molecule has 0 fully saturated rings. The molecule has 0 heterocycles. The number of rotatable bonds is 6. The molecule has 3 heteroatoms. The first-order chi connectivity index (χ1) is 7.24. The van der Waals surface area contributed by atoms with Gasteiger partial charge in [0.15, 0.2) is 0 Å². The van der Waals surface area contributed by atoms with Crippen LogP contribution in [0, 0.1) is 6.92 Å². The van der Waals surface area contributed by atoms with Crippen LogP contribution in [-0.2, 0) is 4.74 Å². The van der Waals surface area contributed by atoms with E-state index in [-0.39, 0.29) is 6.61 Å². The van der Waals surface area contributed by atoms with E-state index in [9.17, 15) is 0 Å². The smallest absolute Gasteiger partial charge is 0.0698 e. The molecule has 15 heavy (non-hydrogen) atoms. The molecule has 0 amide bonds. The Morgan fingerprint density at radius 1 is 1.33 bits per heavy atom. The summed E-state index contributed by atoms with van der Waals surface area (Å²) in [6.07, 6.45) is 0. The van der Waals surface area contributed by atoms with Crippen LogP contribution >= 0.6 is 0 Å². The molecule has 84 valence electrons. The Hall–Kier alpha value is -1.06. The van der Waals surface area contributed by atoms with Crippen LogP contribution in [0.15, 0.2) is 24.3 Å². The largest absolute Gasteiger partial charge is 0.394 e. The number of aliphatic hydroxyl groups excluding tert-OH is 1. The molecule has 0 aliphatic rings. The van der Waals surface area contributed by atoms with Crippen LogP contribution in [-0.4, -0.2) is 38.5 Å². The molecular weight excluding hydrogens is 190 g/mol. The van der Waals surface area contributed by atoms with Gasteiger partial charge in [0.2, 0.25) is 0 Å². The fraction of sp³-hybridized carbons (Fsp3) is 0.500. The summed E-state index contributed by atoms with van der Waals surface area (Å²) in [5.74, 6) is 0. The molecule has 1 aromatic rings. The van der Waals surface area contributed by atoms with Gasteiger partial charge in [0, 0.05) is 19.3 Å². The number of ether oxygens (including phenoxy) is 1. The summed E-state index contributed by atoms with van der Waals surface area (Å²) >= 11 is 0. The normalized spacial score (nSPS) is 10.3. The highest BCUT2D eigenvalue weighted by atomic mass is 16.5. The molecule has 0 radical (unpaired) electrons. The van der Waals surface area contributed by atoms with Crippen molar-refractivity contribution in [2.45, 2.75) is 6.92 Å². The standard InChI is InChI=1S/C12H19NO2/c1-11-4-3-5-12(10-11)13(2)6-8-15-9-7-14/h3-5,10,14H,6-9H2,1-2H3. The fourth-order valence-electron chi connectivity index (χ4n) is 1.36. The average molecular weight is 209 g/mol. The van der Waals surface area contributed by atoms with Gasteiger partial charge in [-0.3, -0.25) is 0 Å². The second kappa shape index (κ2) is 6.43. The first-order valence-corrected chi connectivity index (χ1v) is 5.20. The van der Waals surface area contributed by atoms with Gasteiger partial charge in [0.1, 0.15) is 0 Å². The van der Waals surface area contributed by atoms with Gasteiger partial charge in [-0.1, -0.05) is 12.1 Å². The van der Waals surface area contributed by atoms with Crippen molar-refractivity contribution in [1.82, 2.24) is 0 Å². The predicted octanol–water partition coefficient (Wildman–Crippen LogP) is 1.44. The molecular formula is C12H19NO2. The van der Waals surface area contributed by atoms with Crippen molar-refractivity contribution in [2.24, 2.45) is 0 Å². The molecule has 3 nitrogen and oxygen atoms in total. The SMILES string of the molecule is Cc1cccc(N(C)CCOCCO)c1. The number of likely N-dealkylation sites (N-methyl/N-ethyl adjacent to an activating group) is 1. The minimum atomic E-state index is 0.0914. The summed E-state index contributed by atoms with van der Waals surface area (Å²) in [6, 6.07) is 8.36. The molecule has 0 saturated heterocycles. The highest BCUT2D eigenvalue weighted by molar-refractivity contribution is 5.47. The summed E-state index contributed by atoms with van der Waals surface area (Å²) in [5.41, 5.74) is 2.46. The summed E-state index contributed by atoms with van der Waals surface area (Å²) in [7, 11) is 2.04. The van der Waals surface area contributed by atoms with Crippen molar-refractivity contribution in [3.63, 3.8) is 0 Å². The fourth-order valence-corrected chi connectivity index (χ4v) is 1.36. The van der Waals surface area contributed by atoms with Gasteiger partial charge >= 0.3 is 0 Å². The first-order valence-electron chi connectivity index (χ1n) is 5.20.